The second-order valence-electron chi connectivity index (χ2n) is 2.60. The third-order valence-electron chi connectivity index (χ3n) is 1.79. The fraction of sp³-hybridized carbons (Fsp3) is 0.125. The van der Waals surface area contributed by atoms with Crippen LogP contribution in [0.15, 0.2) is 16.6 Å². The van der Waals surface area contributed by atoms with Gasteiger partial charge < -0.3 is 10.5 Å². The van der Waals surface area contributed by atoms with E-state index in [4.69, 9.17) is 10.5 Å². The molecule has 0 bridgehead atoms. The van der Waals surface area contributed by atoms with Crippen molar-refractivity contribution < 1.29 is 9.53 Å². The van der Waals surface area contributed by atoms with Gasteiger partial charge in [-0.1, -0.05) is 15.9 Å². The van der Waals surface area contributed by atoms with Crippen LogP contribution in [0.25, 0.3) is 0 Å². The Morgan fingerprint density at radius 2 is 2.25 bits per heavy atom. The van der Waals surface area contributed by atoms with Gasteiger partial charge in [0.2, 0.25) is 0 Å². The normalized spacial score (nSPS) is 14.2. The van der Waals surface area contributed by atoms with Gasteiger partial charge in [-0.25, -0.2) is 4.79 Å². The number of nitrogens with two attached hydrogens (primary N) is 1. The van der Waals surface area contributed by atoms with Gasteiger partial charge in [-0.3, -0.25) is 0 Å². The number of benzene rings is 1. The molecule has 1 heterocycles. The first kappa shape index (κ1) is 7.61. The standard InChI is InChI=1S/C8H6BrNO2/c9-7-2-4(10)1-5-6(7)3-12-8(5)11/h1-2H,3,10H2. The van der Waals surface area contributed by atoms with E-state index in [1.165, 1.54) is 0 Å². The van der Waals surface area contributed by atoms with Crippen molar-refractivity contribution in [3.63, 3.8) is 0 Å². The third-order valence-corrected chi connectivity index (χ3v) is 2.49. The molecule has 0 aromatic heterocycles. The molecule has 62 valence electrons. The van der Waals surface area contributed by atoms with Crippen LogP contribution in [-0.4, -0.2) is 5.97 Å². The predicted molar refractivity (Wildman–Crippen MR) is 47.7 cm³/mol. The number of nitrogen functional groups attached to an aromatic ring is 1. The number of ether oxygens (including phenoxy) is 1. The SMILES string of the molecule is Nc1cc(Br)c2c(c1)C(=O)OC2. The maximum absolute atomic E-state index is 11.1. The van der Waals surface area contributed by atoms with Crippen LogP contribution in [0.5, 0.6) is 0 Å². The average Bonchev–Trinajstić information content (AvgIpc) is 2.33. The van der Waals surface area contributed by atoms with Gasteiger partial charge in [0.05, 0.1) is 5.56 Å². The highest BCUT2D eigenvalue weighted by Crippen LogP contribution is 2.29. The van der Waals surface area contributed by atoms with Crippen LogP contribution in [0.2, 0.25) is 0 Å². The molecule has 0 saturated carbocycles. The first-order chi connectivity index (χ1) is 5.68. The van der Waals surface area contributed by atoms with Gasteiger partial charge in [-0.15, -0.1) is 0 Å². The van der Waals surface area contributed by atoms with Gasteiger partial charge in [0.15, 0.2) is 0 Å². The topological polar surface area (TPSA) is 52.3 Å². The van der Waals surface area contributed by atoms with Crippen molar-refractivity contribution >= 4 is 27.6 Å². The molecule has 0 fully saturated rings. The summed E-state index contributed by atoms with van der Waals surface area (Å²) in [7, 11) is 0. The van der Waals surface area contributed by atoms with E-state index in [0.717, 1.165) is 10.0 Å². The summed E-state index contributed by atoms with van der Waals surface area (Å²) >= 11 is 3.31. The molecule has 0 saturated heterocycles. The number of rotatable bonds is 0. The highest BCUT2D eigenvalue weighted by atomic mass is 79.9. The highest BCUT2D eigenvalue weighted by molar-refractivity contribution is 9.10. The Bertz CT molecular complexity index is 362. The van der Waals surface area contributed by atoms with Crippen molar-refractivity contribution in [2.45, 2.75) is 6.61 Å². The number of carbonyl (C=O) groups is 1. The van der Waals surface area contributed by atoms with E-state index >= 15 is 0 Å². The summed E-state index contributed by atoms with van der Waals surface area (Å²) in [4.78, 5) is 11.1. The Labute approximate surface area is 77.6 Å². The van der Waals surface area contributed by atoms with Crippen molar-refractivity contribution in [3.8, 4) is 0 Å². The van der Waals surface area contributed by atoms with Crippen LogP contribution in [0.3, 0.4) is 0 Å². The minimum Gasteiger partial charge on any atom is -0.457 e. The molecule has 0 radical (unpaired) electrons. The fourth-order valence-corrected chi connectivity index (χ4v) is 1.79. The van der Waals surface area contributed by atoms with Gasteiger partial charge in [-0.2, -0.15) is 0 Å². The number of anilines is 1. The number of hydrogen-bond acceptors (Lipinski definition) is 3. The summed E-state index contributed by atoms with van der Waals surface area (Å²) < 4.78 is 5.67. The van der Waals surface area contributed by atoms with E-state index in [-0.39, 0.29) is 5.97 Å². The van der Waals surface area contributed by atoms with Crippen LogP contribution in [0, 0.1) is 0 Å². The fourth-order valence-electron chi connectivity index (χ4n) is 1.20. The molecule has 0 aliphatic carbocycles. The lowest BCUT2D eigenvalue weighted by Crippen LogP contribution is -1.95. The zero-order chi connectivity index (χ0) is 8.72. The van der Waals surface area contributed by atoms with E-state index in [9.17, 15) is 4.79 Å². The lowest BCUT2D eigenvalue weighted by atomic mass is 10.1. The second-order valence-corrected chi connectivity index (χ2v) is 3.46. The van der Waals surface area contributed by atoms with Crippen LogP contribution in [-0.2, 0) is 11.3 Å². The van der Waals surface area contributed by atoms with Gasteiger partial charge in [0.25, 0.3) is 0 Å². The molecular formula is C8H6BrNO2. The Balaban J connectivity index is 2.68. The number of halogens is 1. The molecule has 0 amide bonds. The number of fused-ring (bicyclic) bond motifs is 1. The summed E-state index contributed by atoms with van der Waals surface area (Å²) in [6, 6.07) is 3.40. The molecule has 2 N–H and O–H groups in total. The maximum atomic E-state index is 11.1. The number of carbonyl (C=O) groups excluding carboxylic acids is 1. The largest absolute Gasteiger partial charge is 0.457 e. The van der Waals surface area contributed by atoms with Crippen molar-refractivity contribution in [2.24, 2.45) is 0 Å². The highest BCUT2D eigenvalue weighted by Gasteiger charge is 2.23. The molecule has 1 aromatic carbocycles. The number of cyclic esters (lactones) is 1. The lowest BCUT2D eigenvalue weighted by Gasteiger charge is -1.99. The van der Waals surface area contributed by atoms with Crippen molar-refractivity contribution in [1.29, 1.82) is 0 Å². The lowest BCUT2D eigenvalue weighted by molar-refractivity contribution is 0.0535. The van der Waals surface area contributed by atoms with Crippen LogP contribution in [0.1, 0.15) is 15.9 Å². The predicted octanol–water partition coefficient (Wildman–Crippen LogP) is 1.70. The first-order valence-electron chi connectivity index (χ1n) is 3.43. The van der Waals surface area contributed by atoms with E-state index in [1.807, 2.05) is 0 Å². The number of esters is 1. The van der Waals surface area contributed by atoms with Crippen molar-refractivity contribution in [3.05, 3.63) is 27.7 Å². The minimum absolute atomic E-state index is 0.294. The first-order valence-corrected chi connectivity index (χ1v) is 4.23. The maximum Gasteiger partial charge on any atom is 0.338 e. The smallest absolute Gasteiger partial charge is 0.338 e. The molecule has 2 rings (SSSR count). The molecule has 1 aliphatic rings. The molecule has 3 nitrogen and oxygen atoms in total. The second kappa shape index (κ2) is 2.48. The Kier molecular flexibility index (Phi) is 1.58. The van der Waals surface area contributed by atoms with E-state index in [2.05, 4.69) is 15.9 Å². The van der Waals surface area contributed by atoms with Crippen LogP contribution >= 0.6 is 15.9 Å². The monoisotopic (exact) mass is 227 g/mol. The summed E-state index contributed by atoms with van der Waals surface area (Å²) in [6.07, 6.45) is 0. The quantitative estimate of drug-likeness (QED) is 0.543. The van der Waals surface area contributed by atoms with E-state index < -0.39 is 0 Å². The average molecular weight is 228 g/mol. The minimum atomic E-state index is -0.294. The molecule has 1 aromatic rings. The van der Waals surface area contributed by atoms with E-state index in [0.29, 0.717) is 17.9 Å². The van der Waals surface area contributed by atoms with Gasteiger partial charge in [0, 0.05) is 15.7 Å². The summed E-state index contributed by atoms with van der Waals surface area (Å²) in [5.41, 5.74) is 7.58. The van der Waals surface area contributed by atoms with Crippen molar-refractivity contribution in [2.75, 3.05) is 5.73 Å². The summed E-state index contributed by atoms with van der Waals surface area (Å²) in [6.45, 7) is 0.342. The molecule has 0 spiro atoms. The Hall–Kier alpha value is -1.03. The molecule has 0 atom stereocenters. The Morgan fingerprint density at radius 3 is 3.00 bits per heavy atom. The van der Waals surface area contributed by atoms with Crippen molar-refractivity contribution in [1.82, 2.24) is 0 Å². The zero-order valence-electron chi connectivity index (χ0n) is 6.13. The van der Waals surface area contributed by atoms with E-state index in [1.54, 1.807) is 12.1 Å². The Morgan fingerprint density at radius 1 is 1.50 bits per heavy atom. The van der Waals surface area contributed by atoms with Crippen LogP contribution < -0.4 is 5.73 Å². The van der Waals surface area contributed by atoms with Gasteiger partial charge >= 0.3 is 5.97 Å². The van der Waals surface area contributed by atoms with Gasteiger partial charge in [0.1, 0.15) is 6.61 Å². The molecule has 4 heteroatoms. The van der Waals surface area contributed by atoms with Gasteiger partial charge in [-0.05, 0) is 12.1 Å². The number of hydrogen-bond donors (Lipinski definition) is 1. The summed E-state index contributed by atoms with van der Waals surface area (Å²) in [5, 5.41) is 0. The molecule has 1 aliphatic heterocycles. The summed E-state index contributed by atoms with van der Waals surface area (Å²) in [5.74, 6) is -0.294. The zero-order valence-corrected chi connectivity index (χ0v) is 7.72. The third kappa shape index (κ3) is 0.992. The molecule has 0 unspecified atom stereocenters. The molecule has 12 heavy (non-hydrogen) atoms. The molecular weight excluding hydrogens is 222 g/mol. The van der Waals surface area contributed by atoms with Crippen LogP contribution in [0.4, 0.5) is 5.69 Å².